The summed E-state index contributed by atoms with van der Waals surface area (Å²) in [4.78, 5) is 21.2. The van der Waals surface area contributed by atoms with Gasteiger partial charge in [0.25, 0.3) is 0 Å². The molecule has 0 spiro atoms. The first-order chi connectivity index (χ1) is 11.5. The van der Waals surface area contributed by atoms with Crippen LogP contribution in [0.3, 0.4) is 0 Å². The van der Waals surface area contributed by atoms with Crippen LogP contribution in [0, 0.1) is 0 Å². The van der Waals surface area contributed by atoms with Crippen LogP contribution in [-0.2, 0) is 11.2 Å². The van der Waals surface area contributed by atoms with Gasteiger partial charge in [0.2, 0.25) is 11.8 Å². The first-order valence-corrected chi connectivity index (χ1v) is 9.38. The van der Waals surface area contributed by atoms with E-state index < -0.39 is 0 Å². The molecule has 2 heterocycles. The van der Waals surface area contributed by atoms with Gasteiger partial charge in [-0.25, -0.2) is 0 Å². The molecule has 1 saturated heterocycles. The minimum atomic E-state index is 0.156. The number of carbonyl (C=O) groups is 1. The first-order valence-electron chi connectivity index (χ1n) is 9.38. The number of likely N-dealkylation sites (tertiary alicyclic amines) is 1. The molecule has 1 unspecified atom stereocenters. The van der Waals surface area contributed by atoms with Gasteiger partial charge >= 0.3 is 0 Å². The highest BCUT2D eigenvalue weighted by atomic mass is 16.5. The van der Waals surface area contributed by atoms with Crippen LogP contribution in [0.1, 0.15) is 70.5 Å². The molecule has 0 radical (unpaired) electrons. The van der Waals surface area contributed by atoms with Crippen LogP contribution in [0.4, 0.5) is 0 Å². The summed E-state index contributed by atoms with van der Waals surface area (Å²) >= 11 is 0. The molecule has 1 aliphatic heterocycles. The van der Waals surface area contributed by atoms with Crippen molar-refractivity contribution < 1.29 is 9.32 Å². The molecule has 24 heavy (non-hydrogen) atoms. The number of aromatic nitrogens is 2. The number of carbonyl (C=O) groups excluding carboxylic acids is 1. The molecule has 1 saturated carbocycles. The Morgan fingerprint density at radius 2 is 2.12 bits per heavy atom. The van der Waals surface area contributed by atoms with Gasteiger partial charge in [0, 0.05) is 44.4 Å². The second-order valence-electron chi connectivity index (χ2n) is 7.54. The second kappa shape index (κ2) is 7.64. The van der Waals surface area contributed by atoms with E-state index in [0.717, 1.165) is 19.0 Å². The Labute approximate surface area is 144 Å². The van der Waals surface area contributed by atoms with Gasteiger partial charge in [-0.15, -0.1) is 0 Å². The van der Waals surface area contributed by atoms with Crippen molar-refractivity contribution in [2.24, 2.45) is 0 Å². The number of hydrogen-bond acceptors (Lipinski definition) is 5. The second-order valence-corrected chi connectivity index (χ2v) is 7.54. The molecular formula is C18H30N4O2. The van der Waals surface area contributed by atoms with Crippen LogP contribution in [0.5, 0.6) is 0 Å². The summed E-state index contributed by atoms with van der Waals surface area (Å²) < 4.78 is 5.26. The van der Waals surface area contributed by atoms with Crippen LogP contribution >= 0.6 is 0 Å². The largest absolute Gasteiger partial charge is 0.339 e. The molecule has 3 rings (SSSR count). The summed E-state index contributed by atoms with van der Waals surface area (Å²) in [6.45, 7) is 8.64. The van der Waals surface area contributed by atoms with E-state index >= 15 is 0 Å². The standard InChI is InChI=1S/C18H30N4O2/c1-13(2)18-19-17(20-24-18)9-11-22(14(3)23)16-8-5-10-21(12-16)15-6-4-7-15/h13,15-16H,4-12H2,1-3H3. The zero-order valence-electron chi connectivity index (χ0n) is 15.2. The van der Waals surface area contributed by atoms with Crippen LogP contribution in [0.15, 0.2) is 4.52 Å². The van der Waals surface area contributed by atoms with Crippen molar-refractivity contribution in [3.8, 4) is 0 Å². The van der Waals surface area contributed by atoms with E-state index in [-0.39, 0.29) is 11.8 Å². The maximum Gasteiger partial charge on any atom is 0.229 e. The summed E-state index contributed by atoms with van der Waals surface area (Å²) in [5.41, 5.74) is 0. The smallest absolute Gasteiger partial charge is 0.229 e. The molecule has 1 aliphatic carbocycles. The summed E-state index contributed by atoms with van der Waals surface area (Å²) in [6.07, 6.45) is 6.96. The molecule has 1 aromatic rings. The fourth-order valence-electron chi connectivity index (χ4n) is 3.74. The maximum absolute atomic E-state index is 12.2. The number of piperidine rings is 1. The Morgan fingerprint density at radius 1 is 1.33 bits per heavy atom. The summed E-state index contributed by atoms with van der Waals surface area (Å²) in [6, 6.07) is 1.08. The average Bonchev–Trinajstić information content (AvgIpc) is 2.95. The third-order valence-corrected chi connectivity index (χ3v) is 5.42. The molecule has 0 N–H and O–H groups in total. The zero-order valence-corrected chi connectivity index (χ0v) is 15.2. The molecule has 2 aliphatic rings. The van der Waals surface area contributed by atoms with Gasteiger partial charge in [-0.1, -0.05) is 25.4 Å². The Hall–Kier alpha value is -1.43. The lowest BCUT2D eigenvalue weighted by molar-refractivity contribution is -0.132. The molecule has 6 nitrogen and oxygen atoms in total. The zero-order chi connectivity index (χ0) is 17.1. The minimum absolute atomic E-state index is 0.156. The van der Waals surface area contributed by atoms with E-state index in [2.05, 4.69) is 15.0 Å². The third kappa shape index (κ3) is 3.97. The predicted molar refractivity (Wildman–Crippen MR) is 91.7 cm³/mol. The monoisotopic (exact) mass is 334 g/mol. The number of hydrogen-bond donors (Lipinski definition) is 0. The van der Waals surface area contributed by atoms with Crippen molar-refractivity contribution in [2.75, 3.05) is 19.6 Å². The summed E-state index contributed by atoms with van der Waals surface area (Å²) in [5.74, 6) is 1.78. The van der Waals surface area contributed by atoms with Gasteiger partial charge in [0.15, 0.2) is 5.82 Å². The molecule has 0 bridgehead atoms. The Balaban J connectivity index is 1.58. The lowest BCUT2D eigenvalue weighted by Crippen LogP contribution is -2.54. The first kappa shape index (κ1) is 17.4. The maximum atomic E-state index is 12.2. The molecule has 1 amide bonds. The normalized spacial score (nSPS) is 22.6. The highest BCUT2D eigenvalue weighted by Gasteiger charge is 2.32. The van der Waals surface area contributed by atoms with Crippen molar-refractivity contribution >= 4 is 5.91 Å². The average molecular weight is 334 g/mol. The van der Waals surface area contributed by atoms with E-state index in [9.17, 15) is 4.79 Å². The van der Waals surface area contributed by atoms with Crippen LogP contribution in [0.25, 0.3) is 0 Å². The molecule has 6 heteroatoms. The highest BCUT2D eigenvalue weighted by Crippen LogP contribution is 2.28. The molecule has 2 fully saturated rings. The SMILES string of the molecule is CC(=O)N(CCc1noc(C(C)C)n1)C1CCCN(C2CCC2)C1. The van der Waals surface area contributed by atoms with Crippen molar-refractivity contribution in [1.29, 1.82) is 0 Å². The van der Waals surface area contributed by atoms with E-state index in [4.69, 9.17) is 4.52 Å². The van der Waals surface area contributed by atoms with E-state index in [1.165, 1.54) is 32.2 Å². The van der Waals surface area contributed by atoms with Gasteiger partial charge in [0.05, 0.1) is 0 Å². The van der Waals surface area contributed by atoms with Gasteiger partial charge in [-0.3, -0.25) is 9.69 Å². The fourth-order valence-corrected chi connectivity index (χ4v) is 3.74. The van der Waals surface area contributed by atoms with Crippen molar-refractivity contribution in [3.63, 3.8) is 0 Å². The molecule has 1 atom stereocenters. The van der Waals surface area contributed by atoms with Gasteiger partial charge in [0.1, 0.15) is 0 Å². The molecule has 1 aromatic heterocycles. The van der Waals surface area contributed by atoms with Gasteiger partial charge in [-0.05, 0) is 32.2 Å². The predicted octanol–water partition coefficient (Wildman–Crippen LogP) is 2.60. The topological polar surface area (TPSA) is 62.5 Å². The molecule has 134 valence electrons. The third-order valence-electron chi connectivity index (χ3n) is 5.42. The highest BCUT2D eigenvalue weighted by molar-refractivity contribution is 5.73. The number of nitrogens with zero attached hydrogens (tertiary/aromatic N) is 4. The van der Waals surface area contributed by atoms with Gasteiger partial charge in [-0.2, -0.15) is 4.98 Å². The van der Waals surface area contributed by atoms with Gasteiger partial charge < -0.3 is 9.42 Å². The van der Waals surface area contributed by atoms with Crippen molar-refractivity contribution in [1.82, 2.24) is 19.9 Å². The molecular weight excluding hydrogens is 304 g/mol. The molecule has 0 aromatic carbocycles. The number of amides is 1. The summed E-state index contributed by atoms with van der Waals surface area (Å²) in [7, 11) is 0. The minimum Gasteiger partial charge on any atom is -0.339 e. The van der Waals surface area contributed by atoms with Crippen LogP contribution < -0.4 is 0 Å². The van der Waals surface area contributed by atoms with Crippen molar-refractivity contribution in [2.45, 2.75) is 77.3 Å². The summed E-state index contributed by atoms with van der Waals surface area (Å²) in [5, 5.41) is 4.04. The Morgan fingerprint density at radius 3 is 2.71 bits per heavy atom. The van der Waals surface area contributed by atoms with E-state index in [1.807, 2.05) is 18.7 Å². The van der Waals surface area contributed by atoms with Crippen LogP contribution in [0.2, 0.25) is 0 Å². The Bertz CT molecular complexity index is 553. The van der Waals surface area contributed by atoms with E-state index in [1.54, 1.807) is 6.92 Å². The van der Waals surface area contributed by atoms with E-state index in [0.29, 0.717) is 30.7 Å². The fraction of sp³-hybridized carbons (Fsp3) is 0.833. The number of rotatable bonds is 6. The quantitative estimate of drug-likeness (QED) is 0.800. The van der Waals surface area contributed by atoms with Crippen molar-refractivity contribution in [3.05, 3.63) is 11.7 Å². The lowest BCUT2D eigenvalue weighted by atomic mass is 9.89. The Kier molecular flexibility index (Phi) is 5.54. The lowest BCUT2D eigenvalue weighted by Gasteiger charge is -2.45. The van der Waals surface area contributed by atoms with Crippen LogP contribution in [-0.4, -0.2) is 57.6 Å².